The topological polar surface area (TPSA) is 67.2 Å². The fourth-order valence-electron chi connectivity index (χ4n) is 2.30. The quantitative estimate of drug-likeness (QED) is 0.885. The van der Waals surface area contributed by atoms with Crippen LogP contribution in [0.2, 0.25) is 0 Å². The second-order valence-corrected chi connectivity index (χ2v) is 4.92. The lowest BCUT2D eigenvalue weighted by atomic mass is 10.1. The Morgan fingerprint density at radius 3 is 3.00 bits per heavy atom. The molecule has 0 radical (unpaired) electrons. The molecule has 1 unspecified atom stereocenters. The minimum Gasteiger partial charge on any atom is -0.444 e. The SMILES string of the molecule is O=C(NCc1coc(-c2ccccc2)n1)C1CCNC1. The average Bonchev–Trinajstić information content (AvgIpc) is 3.17. The van der Waals surface area contributed by atoms with Gasteiger partial charge in [0.15, 0.2) is 0 Å². The number of benzene rings is 1. The molecule has 2 heterocycles. The van der Waals surface area contributed by atoms with Gasteiger partial charge in [-0.05, 0) is 25.1 Å². The highest BCUT2D eigenvalue weighted by molar-refractivity contribution is 5.79. The van der Waals surface area contributed by atoms with Crippen LogP contribution in [0.25, 0.3) is 11.5 Å². The zero-order chi connectivity index (χ0) is 13.8. The van der Waals surface area contributed by atoms with E-state index in [1.807, 2.05) is 30.3 Å². The fraction of sp³-hybridized carbons (Fsp3) is 0.333. The average molecular weight is 271 g/mol. The smallest absolute Gasteiger partial charge is 0.226 e. The van der Waals surface area contributed by atoms with Gasteiger partial charge in [0.1, 0.15) is 6.26 Å². The molecule has 0 saturated carbocycles. The molecule has 1 atom stereocenters. The molecule has 104 valence electrons. The Kier molecular flexibility index (Phi) is 3.78. The molecular formula is C15H17N3O2. The molecule has 5 nitrogen and oxygen atoms in total. The molecule has 0 aliphatic carbocycles. The molecule has 3 rings (SSSR count). The highest BCUT2D eigenvalue weighted by atomic mass is 16.3. The Hall–Kier alpha value is -2.14. The van der Waals surface area contributed by atoms with E-state index in [1.165, 1.54) is 0 Å². The van der Waals surface area contributed by atoms with Crippen molar-refractivity contribution in [2.24, 2.45) is 5.92 Å². The number of carbonyl (C=O) groups excluding carboxylic acids is 1. The summed E-state index contributed by atoms with van der Waals surface area (Å²) in [6, 6.07) is 9.71. The fourth-order valence-corrected chi connectivity index (χ4v) is 2.30. The van der Waals surface area contributed by atoms with Gasteiger partial charge in [0.25, 0.3) is 0 Å². The number of amides is 1. The summed E-state index contributed by atoms with van der Waals surface area (Å²) in [6.45, 7) is 2.09. The largest absolute Gasteiger partial charge is 0.444 e. The van der Waals surface area contributed by atoms with Gasteiger partial charge in [-0.25, -0.2) is 4.98 Å². The Labute approximate surface area is 117 Å². The lowest BCUT2D eigenvalue weighted by Crippen LogP contribution is -2.31. The Morgan fingerprint density at radius 2 is 2.25 bits per heavy atom. The van der Waals surface area contributed by atoms with Gasteiger partial charge in [-0.1, -0.05) is 18.2 Å². The predicted molar refractivity (Wildman–Crippen MR) is 74.8 cm³/mol. The summed E-state index contributed by atoms with van der Waals surface area (Å²) in [4.78, 5) is 16.3. The second kappa shape index (κ2) is 5.88. The van der Waals surface area contributed by atoms with E-state index in [1.54, 1.807) is 6.26 Å². The molecule has 20 heavy (non-hydrogen) atoms. The maximum absolute atomic E-state index is 11.9. The molecule has 1 fully saturated rings. The third kappa shape index (κ3) is 2.88. The zero-order valence-corrected chi connectivity index (χ0v) is 11.1. The second-order valence-electron chi connectivity index (χ2n) is 4.92. The van der Waals surface area contributed by atoms with E-state index >= 15 is 0 Å². The van der Waals surface area contributed by atoms with Gasteiger partial charge in [-0.3, -0.25) is 4.79 Å². The molecule has 2 N–H and O–H groups in total. The first-order chi connectivity index (χ1) is 9.83. The monoisotopic (exact) mass is 271 g/mol. The minimum absolute atomic E-state index is 0.0792. The third-order valence-corrected chi connectivity index (χ3v) is 3.45. The maximum atomic E-state index is 11.9. The third-order valence-electron chi connectivity index (χ3n) is 3.45. The summed E-state index contributed by atoms with van der Waals surface area (Å²) in [6.07, 6.45) is 2.50. The molecule has 0 bridgehead atoms. The van der Waals surface area contributed by atoms with Crippen LogP contribution < -0.4 is 10.6 Å². The van der Waals surface area contributed by atoms with Crippen molar-refractivity contribution in [2.45, 2.75) is 13.0 Å². The Morgan fingerprint density at radius 1 is 1.40 bits per heavy atom. The standard InChI is InChI=1S/C15H17N3O2/c19-14(12-6-7-16-8-12)17-9-13-10-20-15(18-13)11-4-2-1-3-5-11/h1-5,10,12,16H,6-9H2,(H,17,19). The molecule has 2 aromatic rings. The van der Waals surface area contributed by atoms with Crippen LogP contribution in [0.5, 0.6) is 0 Å². The number of rotatable bonds is 4. The van der Waals surface area contributed by atoms with Gasteiger partial charge in [0.2, 0.25) is 11.8 Å². The van der Waals surface area contributed by atoms with Crippen LogP contribution in [0.1, 0.15) is 12.1 Å². The van der Waals surface area contributed by atoms with Crippen LogP contribution in [0.4, 0.5) is 0 Å². The predicted octanol–water partition coefficient (Wildman–Crippen LogP) is 1.57. The number of aromatic nitrogens is 1. The van der Waals surface area contributed by atoms with Crippen molar-refractivity contribution in [1.82, 2.24) is 15.6 Å². The first-order valence-corrected chi connectivity index (χ1v) is 6.81. The summed E-state index contributed by atoms with van der Waals surface area (Å²) in [5.41, 5.74) is 1.67. The highest BCUT2D eigenvalue weighted by Crippen LogP contribution is 2.17. The number of nitrogens with zero attached hydrogens (tertiary/aromatic N) is 1. The van der Waals surface area contributed by atoms with Crippen LogP contribution in [0.15, 0.2) is 41.0 Å². The van der Waals surface area contributed by atoms with Gasteiger partial charge in [-0.2, -0.15) is 0 Å². The first-order valence-electron chi connectivity index (χ1n) is 6.81. The highest BCUT2D eigenvalue weighted by Gasteiger charge is 2.22. The molecule has 1 aliphatic heterocycles. The van der Waals surface area contributed by atoms with E-state index in [0.29, 0.717) is 12.4 Å². The molecule has 1 amide bonds. The van der Waals surface area contributed by atoms with Gasteiger partial charge in [0.05, 0.1) is 18.2 Å². The van der Waals surface area contributed by atoms with E-state index in [9.17, 15) is 4.79 Å². The van der Waals surface area contributed by atoms with Gasteiger partial charge >= 0.3 is 0 Å². The van der Waals surface area contributed by atoms with Crippen LogP contribution in [0, 0.1) is 5.92 Å². The minimum atomic E-state index is 0.0792. The van der Waals surface area contributed by atoms with E-state index in [0.717, 1.165) is 30.8 Å². The summed E-state index contributed by atoms with van der Waals surface area (Å²) in [5.74, 6) is 0.743. The number of carbonyl (C=O) groups is 1. The Balaban J connectivity index is 1.59. The number of oxazole rings is 1. The molecule has 1 aliphatic rings. The summed E-state index contributed by atoms with van der Waals surface area (Å²) in [7, 11) is 0. The lowest BCUT2D eigenvalue weighted by molar-refractivity contribution is -0.124. The van der Waals surface area contributed by atoms with Gasteiger partial charge in [-0.15, -0.1) is 0 Å². The number of nitrogens with one attached hydrogen (secondary N) is 2. The summed E-state index contributed by atoms with van der Waals surface area (Å²) in [5, 5.41) is 6.09. The molecule has 1 aromatic heterocycles. The molecule has 0 spiro atoms. The van der Waals surface area contributed by atoms with Crippen molar-refractivity contribution in [3.63, 3.8) is 0 Å². The van der Waals surface area contributed by atoms with Crippen LogP contribution in [0.3, 0.4) is 0 Å². The lowest BCUT2D eigenvalue weighted by Gasteiger charge is -2.07. The van der Waals surface area contributed by atoms with Gasteiger partial charge < -0.3 is 15.1 Å². The van der Waals surface area contributed by atoms with E-state index in [-0.39, 0.29) is 11.8 Å². The molecule has 1 saturated heterocycles. The zero-order valence-electron chi connectivity index (χ0n) is 11.1. The van der Waals surface area contributed by atoms with Crippen LogP contribution in [-0.2, 0) is 11.3 Å². The van der Waals surface area contributed by atoms with Crippen LogP contribution >= 0.6 is 0 Å². The number of hydrogen-bond donors (Lipinski definition) is 2. The van der Waals surface area contributed by atoms with Crippen molar-refractivity contribution in [3.8, 4) is 11.5 Å². The molecule has 5 heteroatoms. The molecule has 1 aromatic carbocycles. The maximum Gasteiger partial charge on any atom is 0.226 e. The van der Waals surface area contributed by atoms with Crippen molar-refractivity contribution in [3.05, 3.63) is 42.3 Å². The summed E-state index contributed by atoms with van der Waals surface area (Å²) >= 11 is 0. The molecular weight excluding hydrogens is 254 g/mol. The first kappa shape index (κ1) is 12.9. The van der Waals surface area contributed by atoms with E-state index in [2.05, 4.69) is 15.6 Å². The number of hydrogen-bond acceptors (Lipinski definition) is 4. The van der Waals surface area contributed by atoms with Crippen molar-refractivity contribution in [2.75, 3.05) is 13.1 Å². The Bertz CT molecular complexity index is 574. The van der Waals surface area contributed by atoms with Gasteiger partial charge in [0, 0.05) is 12.1 Å². The van der Waals surface area contributed by atoms with Crippen molar-refractivity contribution >= 4 is 5.91 Å². The van der Waals surface area contributed by atoms with E-state index in [4.69, 9.17) is 4.42 Å². The van der Waals surface area contributed by atoms with Crippen LogP contribution in [-0.4, -0.2) is 24.0 Å². The normalized spacial score (nSPS) is 18.1. The van der Waals surface area contributed by atoms with Crippen molar-refractivity contribution in [1.29, 1.82) is 0 Å². The van der Waals surface area contributed by atoms with Crippen molar-refractivity contribution < 1.29 is 9.21 Å². The summed E-state index contributed by atoms with van der Waals surface area (Å²) < 4.78 is 5.43. The van der Waals surface area contributed by atoms with E-state index < -0.39 is 0 Å².